The maximum absolute atomic E-state index is 12.7. The number of nitrogens with one attached hydrogen (secondary N) is 4. The molecule has 0 aromatic carbocycles. The number of H-pyrrole nitrogens is 2. The topological polar surface area (TPSA) is 120 Å². The van der Waals surface area contributed by atoms with Gasteiger partial charge in [-0.2, -0.15) is 5.10 Å². The first-order valence-electron chi connectivity index (χ1n) is 7.92. The average molecular weight is 323 g/mol. The van der Waals surface area contributed by atoms with Gasteiger partial charge in [0.2, 0.25) is 11.8 Å². The Hall–Kier alpha value is -2.12. The summed E-state index contributed by atoms with van der Waals surface area (Å²) in [4.78, 5) is 38.5. The fourth-order valence-corrected chi connectivity index (χ4v) is 3.41. The third-order valence-electron chi connectivity index (χ3n) is 5.36. The predicted molar refractivity (Wildman–Crippen MR) is 84.4 cm³/mol. The second-order valence-electron chi connectivity index (χ2n) is 6.85. The molecule has 1 aliphatic rings. The Morgan fingerprint density at radius 2 is 2.00 bits per heavy atom. The predicted octanol–water partition coefficient (Wildman–Crippen LogP) is 0.293. The van der Waals surface area contributed by atoms with E-state index in [4.69, 9.17) is 0 Å². The number of rotatable bonds is 5. The molecule has 23 heavy (non-hydrogen) atoms. The van der Waals surface area contributed by atoms with E-state index in [2.05, 4.69) is 25.8 Å². The van der Waals surface area contributed by atoms with Crippen molar-refractivity contribution in [1.82, 2.24) is 25.8 Å². The van der Waals surface area contributed by atoms with Gasteiger partial charge in [-0.1, -0.05) is 20.8 Å². The van der Waals surface area contributed by atoms with Gasteiger partial charge in [0.05, 0.1) is 12.0 Å². The van der Waals surface area contributed by atoms with Crippen molar-refractivity contribution < 1.29 is 9.59 Å². The molecule has 0 saturated heterocycles. The Morgan fingerprint density at radius 3 is 2.57 bits per heavy atom. The van der Waals surface area contributed by atoms with Gasteiger partial charge in [0.1, 0.15) is 5.82 Å². The highest BCUT2D eigenvalue weighted by molar-refractivity contribution is 5.87. The number of amides is 2. The van der Waals surface area contributed by atoms with Crippen molar-refractivity contribution in [2.45, 2.75) is 47.1 Å². The molecule has 4 N–H and O–H groups in total. The molecule has 2 amide bonds. The number of hydrogen-bond acceptors (Lipinski definition) is 4. The number of aromatic nitrogens is 3. The minimum absolute atomic E-state index is 0.00524. The van der Waals surface area contributed by atoms with E-state index in [1.165, 1.54) is 0 Å². The van der Waals surface area contributed by atoms with Crippen LogP contribution in [-0.4, -0.2) is 33.5 Å². The van der Waals surface area contributed by atoms with Gasteiger partial charge in [-0.15, -0.1) is 0 Å². The van der Waals surface area contributed by atoms with E-state index in [-0.39, 0.29) is 24.3 Å². The highest BCUT2D eigenvalue weighted by Crippen LogP contribution is 2.56. The third-order valence-corrected chi connectivity index (χ3v) is 5.36. The lowest BCUT2D eigenvalue weighted by molar-refractivity contribution is -0.139. The fourth-order valence-electron chi connectivity index (χ4n) is 3.41. The Labute approximate surface area is 134 Å². The lowest BCUT2D eigenvalue weighted by atomic mass is 9.65. The Kier molecular flexibility index (Phi) is 4.63. The summed E-state index contributed by atoms with van der Waals surface area (Å²) in [6, 6.07) is 0. The number of hydrogen-bond donors (Lipinski definition) is 4. The van der Waals surface area contributed by atoms with Crippen LogP contribution in [0.1, 0.15) is 46.4 Å². The van der Waals surface area contributed by atoms with Crippen LogP contribution in [0.25, 0.3) is 0 Å². The summed E-state index contributed by atoms with van der Waals surface area (Å²) in [6.07, 6.45) is 1.33. The highest BCUT2D eigenvalue weighted by atomic mass is 16.2. The zero-order valence-electron chi connectivity index (χ0n) is 14.1. The maximum atomic E-state index is 12.7. The molecule has 0 aliphatic heterocycles. The molecule has 0 bridgehead atoms. The number of aromatic amines is 2. The van der Waals surface area contributed by atoms with Gasteiger partial charge in [0.15, 0.2) is 0 Å². The van der Waals surface area contributed by atoms with E-state index in [1.54, 1.807) is 0 Å². The molecule has 8 nitrogen and oxygen atoms in total. The molecule has 0 unspecified atom stereocenters. The minimum Gasteiger partial charge on any atom is -0.356 e. The second kappa shape index (κ2) is 6.17. The molecule has 1 heterocycles. The minimum atomic E-state index is -0.653. The molecular weight excluding hydrogens is 298 g/mol. The Bertz CT molecular complexity index is 648. The lowest BCUT2D eigenvalue weighted by Gasteiger charge is -2.39. The standard InChI is InChI=1S/C15H25N5O3/c1-5-16-11(21)9-6-7-15(4,14(9,2)3)12(22)17-8-10-18-13(23)20-19-10/h9H,5-8H2,1-4H3,(H,16,21)(H,17,22)(H2,18,19,20,23)/t9-,15+/m1/s1. The summed E-state index contributed by atoms with van der Waals surface area (Å²) in [6.45, 7) is 8.45. The first-order chi connectivity index (χ1) is 10.7. The van der Waals surface area contributed by atoms with Crippen LogP contribution < -0.4 is 16.3 Å². The largest absolute Gasteiger partial charge is 0.356 e. The van der Waals surface area contributed by atoms with Gasteiger partial charge < -0.3 is 10.6 Å². The van der Waals surface area contributed by atoms with Gasteiger partial charge in [-0.05, 0) is 25.2 Å². The van der Waals surface area contributed by atoms with Crippen molar-refractivity contribution >= 4 is 11.8 Å². The summed E-state index contributed by atoms with van der Waals surface area (Å²) in [5.41, 5.74) is -1.52. The Balaban J connectivity index is 2.09. The molecule has 0 spiro atoms. The van der Waals surface area contributed by atoms with Gasteiger partial charge in [0.25, 0.3) is 0 Å². The molecule has 2 rings (SSSR count). The normalized spacial score (nSPS) is 26.0. The van der Waals surface area contributed by atoms with Crippen LogP contribution in [0, 0.1) is 16.7 Å². The van der Waals surface area contributed by atoms with Crippen molar-refractivity contribution in [3.8, 4) is 0 Å². The first kappa shape index (κ1) is 17.2. The summed E-state index contributed by atoms with van der Waals surface area (Å²) in [5.74, 6) is 0.0650. The van der Waals surface area contributed by atoms with Crippen molar-refractivity contribution in [3.63, 3.8) is 0 Å². The number of carbonyl (C=O) groups is 2. The molecule has 128 valence electrons. The van der Waals surface area contributed by atoms with Crippen LogP contribution in [0.2, 0.25) is 0 Å². The van der Waals surface area contributed by atoms with Crippen LogP contribution in [0.5, 0.6) is 0 Å². The quantitative estimate of drug-likeness (QED) is 0.622. The average Bonchev–Trinajstić information content (AvgIpc) is 2.99. The summed E-state index contributed by atoms with van der Waals surface area (Å²) in [7, 11) is 0. The van der Waals surface area contributed by atoms with E-state index in [0.717, 1.165) is 0 Å². The van der Waals surface area contributed by atoms with E-state index >= 15 is 0 Å². The molecule has 2 atom stereocenters. The zero-order chi connectivity index (χ0) is 17.3. The van der Waals surface area contributed by atoms with E-state index < -0.39 is 16.5 Å². The first-order valence-corrected chi connectivity index (χ1v) is 7.92. The molecule has 8 heteroatoms. The van der Waals surface area contributed by atoms with Gasteiger partial charge >= 0.3 is 5.69 Å². The van der Waals surface area contributed by atoms with Crippen molar-refractivity contribution in [2.24, 2.45) is 16.7 Å². The molecule has 1 aromatic rings. The van der Waals surface area contributed by atoms with Crippen LogP contribution in [0.3, 0.4) is 0 Å². The monoisotopic (exact) mass is 323 g/mol. The van der Waals surface area contributed by atoms with E-state index in [9.17, 15) is 14.4 Å². The van der Waals surface area contributed by atoms with Crippen molar-refractivity contribution in [3.05, 3.63) is 16.3 Å². The van der Waals surface area contributed by atoms with Gasteiger partial charge in [-0.25, -0.2) is 9.89 Å². The van der Waals surface area contributed by atoms with E-state index in [1.807, 2.05) is 27.7 Å². The highest BCUT2D eigenvalue weighted by Gasteiger charge is 2.57. The second-order valence-corrected chi connectivity index (χ2v) is 6.85. The SMILES string of the molecule is CCNC(=O)[C@H]1CC[C@@](C)(C(=O)NCc2n[nH]c(=O)[nH]2)C1(C)C. The van der Waals surface area contributed by atoms with Crippen molar-refractivity contribution in [2.75, 3.05) is 6.54 Å². The van der Waals surface area contributed by atoms with Crippen LogP contribution >= 0.6 is 0 Å². The fraction of sp³-hybridized carbons (Fsp3) is 0.733. The van der Waals surface area contributed by atoms with Crippen molar-refractivity contribution in [1.29, 1.82) is 0 Å². The van der Waals surface area contributed by atoms with Gasteiger partial charge in [-0.3, -0.25) is 14.6 Å². The molecule has 1 aliphatic carbocycles. The maximum Gasteiger partial charge on any atom is 0.340 e. The molecular formula is C15H25N5O3. The van der Waals surface area contributed by atoms with Gasteiger partial charge in [0, 0.05) is 12.5 Å². The Morgan fingerprint density at radius 1 is 1.30 bits per heavy atom. The number of nitrogens with zero attached hydrogens (tertiary/aromatic N) is 1. The lowest BCUT2D eigenvalue weighted by Crippen LogP contribution is -2.49. The third kappa shape index (κ3) is 3.02. The van der Waals surface area contributed by atoms with Crippen LogP contribution in [0.4, 0.5) is 0 Å². The zero-order valence-corrected chi connectivity index (χ0v) is 14.1. The van der Waals surface area contributed by atoms with Crippen LogP contribution in [-0.2, 0) is 16.1 Å². The molecule has 1 saturated carbocycles. The molecule has 1 aromatic heterocycles. The summed E-state index contributed by atoms with van der Waals surface area (Å²) >= 11 is 0. The summed E-state index contributed by atoms with van der Waals surface area (Å²) < 4.78 is 0. The summed E-state index contributed by atoms with van der Waals surface area (Å²) in [5, 5.41) is 11.7. The van der Waals surface area contributed by atoms with Crippen LogP contribution in [0.15, 0.2) is 4.79 Å². The molecule has 1 fully saturated rings. The smallest absolute Gasteiger partial charge is 0.340 e. The van der Waals surface area contributed by atoms with E-state index in [0.29, 0.717) is 25.2 Å². The number of carbonyl (C=O) groups excluding carboxylic acids is 2. The molecule has 0 radical (unpaired) electrons.